The van der Waals surface area contributed by atoms with E-state index >= 15 is 0 Å². The van der Waals surface area contributed by atoms with E-state index in [4.69, 9.17) is 27.9 Å². The zero-order valence-corrected chi connectivity index (χ0v) is 26.9. The average Bonchev–Trinajstić information content (AvgIpc) is 3.61. The number of hydrogen-bond donors (Lipinski definition) is 2. The molecule has 1 saturated carbocycles. The maximum absolute atomic E-state index is 14.3. The number of benzene rings is 2. The zero-order valence-electron chi connectivity index (χ0n) is 25.3. The monoisotopic (exact) mass is 638 g/mol. The zero-order chi connectivity index (χ0) is 31.2. The Balaban J connectivity index is 1.27. The van der Waals surface area contributed by atoms with Crippen molar-refractivity contribution in [3.8, 4) is 0 Å². The number of anilines is 1. The van der Waals surface area contributed by atoms with Crippen molar-refractivity contribution < 1.29 is 19.1 Å². The standard InChI is InChI=1S/C34H40Cl2N4O4/c1-20-8-7-11-26(21(20)2)38-32(42)30-34-13-12-27(44-34)28(31(41)37-25-17-23(35)16-24(36)18-25)29(34)33(43)40(30)15-14-39(3)19-22-9-5-4-6-10-22/h4-6,9-10,12-13,16-18,20-21,26-30H,7-8,11,14-15,19H2,1-3H3,(H,37,41)(H,38,42)/t20-,21+,26+,27+,28-,29+,30+,34+/m1/s1. The first-order chi connectivity index (χ1) is 21.1. The number of carbonyl (C=O) groups excluding carboxylic acids is 3. The van der Waals surface area contributed by atoms with E-state index in [9.17, 15) is 14.4 Å². The fraction of sp³-hybridized carbons (Fsp3) is 0.500. The van der Waals surface area contributed by atoms with Crippen molar-refractivity contribution in [1.29, 1.82) is 0 Å². The Morgan fingerprint density at radius 1 is 1.07 bits per heavy atom. The van der Waals surface area contributed by atoms with Gasteiger partial charge in [0.1, 0.15) is 11.6 Å². The van der Waals surface area contributed by atoms with Gasteiger partial charge < -0.3 is 25.2 Å². The number of ether oxygens (including phenoxy) is 1. The smallest absolute Gasteiger partial charge is 0.246 e. The normalized spacial score (nSPS) is 32.3. The second-order valence-electron chi connectivity index (χ2n) is 13.0. The number of halogens is 2. The van der Waals surface area contributed by atoms with Crippen LogP contribution in [0.15, 0.2) is 60.7 Å². The summed E-state index contributed by atoms with van der Waals surface area (Å²) in [6.07, 6.45) is 6.16. The van der Waals surface area contributed by atoms with Gasteiger partial charge in [0.2, 0.25) is 17.7 Å². The topological polar surface area (TPSA) is 91.0 Å². The highest BCUT2D eigenvalue weighted by Crippen LogP contribution is 2.55. The largest absolute Gasteiger partial charge is 0.359 e. The maximum atomic E-state index is 14.3. The van der Waals surface area contributed by atoms with Gasteiger partial charge in [-0.25, -0.2) is 0 Å². The van der Waals surface area contributed by atoms with Gasteiger partial charge in [-0.15, -0.1) is 0 Å². The van der Waals surface area contributed by atoms with Crippen molar-refractivity contribution in [2.24, 2.45) is 23.7 Å². The minimum Gasteiger partial charge on any atom is -0.359 e. The van der Waals surface area contributed by atoms with Crippen molar-refractivity contribution in [2.75, 3.05) is 25.5 Å². The minimum atomic E-state index is -1.22. The van der Waals surface area contributed by atoms with Crippen molar-refractivity contribution >= 4 is 46.6 Å². The van der Waals surface area contributed by atoms with Gasteiger partial charge in [-0.1, -0.05) is 92.4 Å². The Labute approximate surface area is 269 Å². The molecule has 2 aromatic rings. The molecule has 10 heteroatoms. The third-order valence-corrected chi connectivity index (χ3v) is 10.5. The van der Waals surface area contributed by atoms with Gasteiger partial charge in [0.05, 0.1) is 17.9 Å². The molecule has 234 valence electrons. The Morgan fingerprint density at radius 3 is 2.52 bits per heavy atom. The van der Waals surface area contributed by atoms with E-state index in [0.717, 1.165) is 24.8 Å². The minimum absolute atomic E-state index is 0.0219. The molecular weight excluding hydrogens is 599 g/mol. The van der Waals surface area contributed by atoms with Gasteiger partial charge in [-0.2, -0.15) is 0 Å². The third-order valence-electron chi connectivity index (χ3n) is 10.1. The van der Waals surface area contributed by atoms with Crippen LogP contribution in [-0.4, -0.2) is 71.4 Å². The third kappa shape index (κ3) is 5.78. The van der Waals surface area contributed by atoms with Gasteiger partial charge in [0, 0.05) is 41.4 Å². The number of carbonyl (C=O) groups is 3. The fourth-order valence-corrected chi connectivity index (χ4v) is 8.19. The van der Waals surface area contributed by atoms with E-state index in [2.05, 4.69) is 41.5 Å². The lowest BCUT2D eigenvalue weighted by molar-refractivity contribution is -0.141. The first-order valence-electron chi connectivity index (χ1n) is 15.5. The summed E-state index contributed by atoms with van der Waals surface area (Å²) in [7, 11) is 2.00. The molecule has 3 fully saturated rings. The van der Waals surface area contributed by atoms with Crippen LogP contribution in [0.1, 0.15) is 38.7 Å². The number of rotatable bonds is 9. The van der Waals surface area contributed by atoms with Crippen molar-refractivity contribution in [3.63, 3.8) is 0 Å². The molecule has 44 heavy (non-hydrogen) atoms. The number of hydrogen-bond acceptors (Lipinski definition) is 5. The Morgan fingerprint density at radius 2 is 1.80 bits per heavy atom. The summed E-state index contributed by atoms with van der Waals surface area (Å²) in [5.74, 6) is -1.63. The van der Waals surface area contributed by atoms with Gasteiger partial charge in [0.15, 0.2) is 0 Å². The highest BCUT2D eigenvalue weighted by atomic mass is 35.5. The Hall–Kier alpha value is -2.91. The van der Waals surface area contributed by atoms with Crippen molar-refractivity contribution in [2.45, 2.75) is 63.4 Å². The number of nitrogens with zero attached hydrogens (tertiary/aromatic N) is 2. The Bertz CT molecular complexity index is 1430. The maximum Gasteiger partial charge on any atom is 0.246 e. The molecule has 3 aliphatic heterocycles. The predicted octanol–water partition coefficient (Wildman–Crippen LogP) is 5.16. The molecule has 2 saturated heterocycles. The summed E-state index contributed by atoms with van der Waals surface area (Å²) in [6, 6.07) is 14.1. The summed E-state index contributed by atoms with van der Waals surface area (Å²) in [6.45, 7) is 6.00. The van der Waals surface area contributed by atoms with Crippen molar-refractivity contribution in [1.82, 2.24) is 15.1 Å². The second kappa shape index (κ2) is 12.5. The summed E-state index contributed by atoms with van der Waals surface area (Å²) in [4.78, 5) is 46.2. The predicted molar refractivity (Wildman–Crippen MR) is 171 cm³/mol. The summed E-state index contributed by atoms with van der Waals surface area (Å²) >= 11 is 12.3. The van der Waals surface area contributed by atoms with E-state index in [1.54, 1.807) is 23.1 Å². The summed E-state index contributed by atoms with van der Waals surface area (Å²) < 4.78 is 6.52. The molecule has 0 radical (unpaired) electrons. The molecular formula is C34H40Cl2N4O4. The quantitative estimate of drug-likeness (QED) is 0.371. The lowest BCUT2D eigenvalue weighted by Crippen LogP contribution is -2.58. The van der Waals surface area contributed by atoms with Crippen LogP contribution in [0.3, 0.4) is 0 Å². The summed E-state index contributed by atoms with van der Waals surface area (Å²) in [5, 5.41) is 6.98. The lowest BCUT2D eigenvalue weighted by Gasteiger charge is -2.38. The van der Waals surface area contributed by atoms with Crippen LogP contribution in [0.5, 0.6) is 0 Å². The molecule has 0 aromatic heterocycles. The van der Waals surface area contributed by atoms with Crippen LogP contribution < -0.4 is 10.6 Å². The van der Waals surface area contributed by atoms with Gasteiger partial charge in [-0.3, -0.25) is 14.4 Å². The molecule has 2 N–H and O–H groups in total. The van der Waals surface area contributed by atoms with Crippen LogP contribution >= 0.6 is 23.2 Å². The number of nitrogens with one attached hydrogen (secondary N) is 2. The van der Waals surface area contributed by atoms with E-state index < -0.39 is 29.6 Å². The van der Waals surface area contributed by atoms with Gasteiger partial charge >= 0.3 is 0 Å². The van der Waals surface area contributed by atoms with Crippen LogP contribution in [0.2, 0.25) is 10.0 Å². The fourth-order valence-electron chi connectivity index (χ4n) is 7.66. The molecule has 4 aliphatic rings. The second-order valence-corrected chi connectivity index (χ2v) is 13.9. The molecule has 1 spiro atoms. The molecule has 0 unspecified atom stereocenters. The highest BCUT2D eigenvalue weighted by Gasteiger charge is 2.72. The molecule has 1 aliphatic carbocycles. The van der Waals surface area contributed by atoms with Crippen molar-refractivity contribution in [3.05, 3.63) is 76.3 Å². The number of likely N-dealkylation sites (N-methyl/N-ethyl adjacent to an activating group) is 1. The summed E-state index contributed by atoms with van der Waals surface area (Å²) in [5.41, 5.74) is 0.380. The molecule has 2 aromatic carbocycles. The van der Waals surface area contributed by atoms with E-state index in [1.165, 1.54) is 0 Å². The lowest BCUT2D eigenvalue weighted by atomic mass is 9.73. The van der Waals surface area contributed by atoms with Gasteiger partial charge in [0.25, 0.3) is 0 Å². The SMILES string of the molecule is C[C@H]1[C@H](C)CCC[C@@H]1NC(=O)[C@@H]1N(CCN(C)Cc2ccccc2)C(=O)[C@@H]2[C@H](C(=O)Nc3cc(Cl)cc(Cl)c3)[C@@H]3C=C[C@]21O3. The van der Waals surface area contributed by atoms with E-state index in [1.807, 2.05) is 37.4 Å². The molecule has 8 atom stereocenters. The number of likely N-dealkylation sites (tertiary alicyclic amines) is 1. The first-order valence-corrected chi connectivity index (χ1v) is 16.3. The molecule has 2 bridgehead atoms. The Kier molecular flexibility index (Phi) is 8.81. The van der Waals surface area contributed by atoms with Crippen LogP contribution in [0.4, 0.5) is 5.69 Å². The molecule has 6 rings (SSSR count). The number of fused-ring (bicyclic) bond motifs is 1. The molecule has 3 heterocycles. The average molecular weight is 640 g/mol. The van der Waals surface area contributed by atoms with E-state index in [-0.39, 0.29) is 23.8 Å². The van der Waals surface area contributed by atoms with Crippen LogP contribution in [0, 0.1) is 23.7 Å². The molecule has 3 amide bonds. The van der Waals surface area contributed by atoms with Gasteiger partial charge in [-0.05, 0) is 49.1 Å². The number of amides is 3. The first kappa shape index (κ1) is 31.1. The van der Waals surface area contributed by atoms with E-state index in [0.29, 0.717) is 47.2 Å². The van der Waals surface area contributed by atoms with Crippen LogP contribution in [0.25, 0.3) is 0 Å². The highest BCUT2D eigenvalue weighted by molar-refractivity contribution is 6.35. The van der Waals surface area contributed by atoms with Crippen LogP contribution in [-0.2, 0) is 25.7 Å². The molecule has 8 nitrogen and oxygen atoms in total.